The molecule has 1 amide bonds. The molecule has 0 bridgehead atoms. The Hall–Kier alpha value is -3.77. The lowest BCUT2D eigenvalue weighted by Gasteiger charge is -2.14. The van der Waals surface area contributed by atoms with E-state index in [1.165, 1.54) is 0 Å². The van der Waals surface area contributed by atoms with E-state index < -0.39 is 0 Å². The fourth-order valence-electron chi connectivity index (χ4n) is 4.88. The number of para-hydroxylation sites is 1. The molecule has 2 aromatic carbocycles. The number of benzene rings is 2. The Morgan fingerprint density at radius 2 is 1.79 bits per heavy atom. The van der Waals surface area contributed by atoms with Crippen molar-refractivity contribution < 1.29 is 4.79 Å². The van der Waals surface area contributed by atoms with Gasteiger partial charge in [0.05, 0.1) is 22.3 Å². The zero-order valence-electron chi connectivity index (χ0n) is 18.9. The maximum atomic E-state index is 13.7. The van der Waals surface area contributed by atoms with Gasteiger partial charge in [-0.15, -0.1) is 0 Å². The number of fused-ring (bicyclic) bond motifs is 3. The van der Waals surface area contributed by atoms with Crippen molar-refractivity contribution in [3.63, 3.8) is 0 Å². The minimum absolute atomic E-state index is 0.188. The number of nitrogens with zero attached hydrogens (tertiary/aromatic N) is 4. The number of nitrogens with one attached hydrogen (secondary N) is 1. The number of hydrogen-bond acceptors (Lipinski definition) is 4. The van der Waals surface area contributed by atoms with Gasteiger partial charge in [-0.1, -0.05) is 29.8 Å². The molecule has 6 nitrogen and oxygen atoms in total. The molecule has 0 saturated carbocycles. The van der Waals surface area contributed by atoms with E-state index in [0.29, 0.717) is 22.2 Å². The van der Waals surface area contributed by atoms with E-state index in [1.54, 1.807) is 4.68 Å². The zero-order chi connectivity index (χ0) is 23.4. The molecule has 0 fully saturated rings. The molecule has 0 unspecified atom stereocenters. The van der Waals surface area contributed by atoms with Crippen molar-refractivity contribution in [3.8, 4) is 5.82 Å². The number of aryl methyl sites for hydroxylation is 3. The summed E-state index contributed by atoms with van der Waals surface area (Å²) >= 11 is 6.30. The number of rotatable bonds is 3. The normalized spacial score (nSPS) is 12.9. The van der Waals surface area contributed by atoms with Crippen LogP contribution in [-0.4, -0.2) is 25.7 Å². The summed E-state index contributed by atoms with van der Waals surface area (Å²) in [6.07, 6.45) is 2.70. The average molecular weight is 468 g/mol. The Morgan fingerprint density at radius 3 is 2.68 bits per heavy atom. The van der Waals surface area contributed by atoms with Crippen molar-refractivity contribution >= 4 is 45.1 Å². The lowest BCUT2D eigenvalue weighted by atomic mass is 10.0. The van der Waals surface area contributed by atoms with E-state index in [-0.39, 0.29) is 5.91 Å². The highest BCUT2D eigenvalue weighted by Gasteiger charge is 2.25. The first-order chi connectivity index (χ1) is 16.5. The van der Waals surface area contributed by atoms with Crippen molar-refractivity contribution in [2.45, 2.75) is 33.1 Å². The lowest BCUT2D eigenvalue weighted by Crippen LogP contribution is -2.18. The highest BCUT2D eigenvalue weighted by Crippen LogP contribution is 2.32. The van der Waals surface area contributed by atoms with Gasteiger partial charge in [0, 0.05) is 27.6 Å². The standard InChI is InChI=1S/C27H22ClN5O/c1-15-12-24(30-21-8-4-3-6-18(15)21)33-25(13-16(2)32-33)31-27(34)26-19-7-5-9-22(19)29-23-11-10-17(28)14-20(23)26/h3-4,6,8,10-14H,5,7,9H2,1-2H3,(H,31,34). The van der Waals surface area contributed by atoms with E-state index in [2.05, 4.69) is 23.4 Å². The third-order valence-corrected chi connectivity index (χ3v) is 6.64. The van der Waals surface area contributed by atoms with Gasteiger partial charge in [0.2, 0.25) is 0 Å². The molecule has 7 heteroatoms. The first kappa shape index (κ1) is 20.8. The van der Waals surface area contributed by atoms with Crippen LogP contribution in [0.5, 0.6) is 0 Å². The van der Waals surface area contributed by atoms with Gasteiger partial charge in [-0.05, 0) is 74.6 Å². The van der Waals surface area contributed by atoms with Crippen LogP contribution in [0.25, 0.3) is 27.6 Å². The number of carbonyl (C=O) groups excluding carboxylic acids is 1. The van der Waals surface area contributed by atoms with Crippen LogP contribution in [-0.2, 0) is 12.8 Å². The Balaban J connectivity index is 1.46. The van der Waals surface area contributed by atoms with Crippen LogP contribution in [0.1, 0.15) is 39.3 Å². The molecule has 34 heavy (non-hydrogen) atoms. The molecular formula is C27H22ClN5O. The number of aromatic nitrogens is 4. The molecule has 6 rings (SSSR count). The first-order valence-corrected chi connectivity index (χ1v) is 11.7. The summed E-state index contributed by atoms with van der Waals surface area (Å²) in [6.45, 7) is 3.96. The fraction of sp³-hybridized carbons (Fsp3) is 0.185. The molecule has 1 aliphatic carbocycles. The van der Waals surface area contributed by atoms with Crippen molar-refractivity contribution in [1.82, 2.24) is 19.7 Å². The van der Waals surface area contributed by atoms with Gasteiger partial charge in [0.25, 0.3) is 5.91 Å². The summed E-state index contributed by atoms with van der Waals surface area (Å²) < 4.78 is 1.70. The summed E-state index contributed by atoms with van der Waals surface area (Å²) in [6, 6.07) is 17.4. The summed E-state index contributed by atoms with van der Waals surface area (Å²) in [4.78, 5) is 23.3. The molecule has 0 spiro atoms. The van der Waals surface area contributed by atoms with Crippen molar-refractivity contribution in [2.24, 2.45) is 0 Å². The number of halogens is 1. The minimum Gasteiger partial charge on any atom is -0.306 e. The molecule has 3 heterocycles. The largest absolute Gasteiger partial charge is 0.306 e. The molecule has 0 saturated heterocycles. The summed E-state index contributed by atoms with van der Waals surface area (Å²) in [5.41, 5.74) is 6.20. The molecule has 168 valence electrons. The van der Waals surface area contributed by atoms with Gasteiger partial charge >= 0.3 is 0 Å². The Labute approximate surface area is 201 Å². The molecule has 0 radical (unpaired) electrons. The van der Waals surface area contributed by atoms with Gasteiger partial charge < -0.3 is 5.32 Å². The van der Waals surface area contributed by atoms with Crippen LogP contribution in [0, 0.1) is 13.8 Å². The highest BCUT2D eigenvalue weighted by atomic mass is 35.5. The number of pyridine rings is 2. The fourth-order valence-corrected chi connectivity index (χ4v) is 5.05. The van der Waals surface area contributed by atoms with Gasteiger partial charge in [-0.2, -0.15) is 9.78 Å². The van der Waals surface area contributed by atoms with E-state index in [0.717, 1.165) is 63.6 Å². The number of hydrogen-bond donors (Lipinski definition) is 1. The third-order valence-electron chi connectivity index (χ3n) is 6.40. The summed E-state index contributed by atoms with van der Waals surface area (Å²) in [5.74, 6) is 1.04. The zero-order valence-corrected chi connectivity index (χ0v) is 19.6. The second kappa shape index (κ2) is 7.92. The number of anilines is 1. The average Bonchev–Trinajstić information content (AvgIpc) is 3.43. The number of carbonyl (C=O) groups is 1. The molecule has 0 atom stereocenters. The van der Waals surface area contributed by atoms with Crippen LogP contribution in [0.15, 0.2) is 54.6 Å². The Kier molecular flexibility index (Phi) is 4.85. The van der Waals surface area contributed by atoms with E-state index in [1.807, 2.05) is 55.5 Å². The van der Waals surface area contributed by atoms with Crippen molar-refractivity contribution in [1.29, 1.82) is 0 Å². The lowest BCUT2D eigenvalue weighted by molar-refractivity contribution is 0.102. The van der Waals surface area contributed by atoms with Gasteiger partial charge in [-0.3, -0.25) is 9.78 Å². The van der Waals surface area contributed by atoms with Crippen molar-refractivity contribution in [2.75, 3.05) is 5.32 Å². The molecule has 0 aliphatic heterocycles. The molecule has 5 aromatic rings. The maximum Gasteiger partial charge on any atom is 0.257 e. The number of amides is 1. The topological polar surface area (TPSA) is 72.7 Å². The second-order valence-electron chi connectivity index (χ2n) is 8.78. The van der Waals surface area contributed by atoms with Crippen LogP contribution in [0.3, 0.4) is 0 Å². The molecular weight excluding hydrogens is 446 g/mol. The van der Waals surface area contributed by atoms with Crippen LogP contribution < -0.4 is 5.32 Å². The minimum atomic E-state index is -0.188. The van der Waals surface area contributed by atoms with E-state index in [4.69, 9.17) is 21.6 Å². The predicted octanol–water partition coefficient (Wildman–Crippen LogP) is 5.98. The summed E-state index contributed by atoms with van der Waals surface area (Å²) in [7, 11) is 0. The molecule has 1 aliphatic rings. The Bertz CT molecular complexity index is 1620. The maximum absolute atomic E-state index is 13.7. The first-order valence-electron chi connectivity index (χ1n) is 11.3. The van der Waals surface area contributed by atoms with Gasteiger partial charge in [0.15, 0.2) is 5.82 Å². The predicted molar refractivity (Wildman–Crippen MR) is 135 cm³/mol. The Morgan fingerprint density at radius 1 is 0.971 bits per heavy atom. The molecule has 3 aromatic heterocycles. The van der Waals surface area contributed by atoms with Crippen molar-refractivity contribution in [3.05, 3.63) is 87.7 Å². The smallest absolute Gasteiger partial charge is 0.257 e. The monoisotopic (exact) mass is 467 g/mol. The SMILES string of the molecule is Cc1cc(NC(=O)c2c3c(nc4ccc(Cl)cc24)CCC3)n(-c2cc(C)c3ccccc3n2)n1. The van der Waals surface area contributed by atoms with Crippen LogP contribution in [0.4, 0.5) is 5.82 Å². The quantitative estimate of drug-likeness (QED) is 0.354. The highest BCUT2D eigenvalue weighted by molar-refractivity contribution is 6.31. The summed E-state index contributed by atoms with van der Waals surface area (Å²) in [5, 5.41) is 10.2. The van der Waals surface area contributed by atoms with Gasteiger partial charge in [-0.25, -0.2) is 4.98 Å². The van der Waals surface area contributed by atoms with E-state index in [9.17, 15) is 4.79 Å². The van der Waals surface area contributed by atoms with Gasteiger partial charge in [0.1, 0.15) is 5.82 Å². The van der Waals surface area contributed by atoms with Crippen LogP contribution >= 0.6 is 11.6 Å². The van der Waals surface area contributed by atoms with Crippen LogP contribution in [0.2, 0.25) is 5.02 Å². The second-order valence-corrected chi connectivity index (χ2v) is 9.21. The van der Waals surface area contributed by atoms with E-state index >= 15 is 0 Å². The molecule has 1 N–H and O–H groups in total. The third kappa shape index (κ3) is 3.42.